The number of unbranched alkanes of at least 4 members (excludes halogenated alkanes) is 1. The normalized spacial score (nSPS) is 12.3. The third kappa shape index (κ3) is 7.04. The van der Waals surface area contributed by atoms with E-state index in [1.54, 1.807) is 44.6 Å². The van der Waals surface area contributed by atoms with Gasteiger partial charge >= 0.3 is 6.09 Å². The molecule has 1 heterocycles. The fraction of sp³-hybridized carbons (Fsp3) is 0.481. The average molecular weight is 501 g/mol. The van der Waals surface area contributed by atoms with Crippen molar-refractivity contribution in [2.75, 3.05) is 27.4 Å². The van der Waals surface area contributed by atoms with Crippen LogP contribution in [0.4, 0.5) is 4.79 Å². The molecule has 9 heteroatoms. The standard InChI is InChI=1S/C27H36N2O7/c1-18-25-21(29(28-18)26(31)36-27(2,3)4)11-9-12-23(25)35-17-19(30)10-7-8-15-34-20-13-14-22(32-5)24(16-20)33-6/h9,11-14,16,19,30H,7-8,10,15,17H2,1-6H3/t19-/m0/s1. The molecule has 1 aromatic heterocycles. The Kier molecular flexibility index (Phi) is 9.03. The van der Waals surface area contributed by atoms with Crippen LogP contribution in [-0.4, -0.2) is 60.1 Å². The minimum Gasteiger partial charge on any atom is -0.493 e. The van der Waals surface area contributed by atoms with Crippen molar-refractivity contribution in [2.45, 2.75) is 58.7 Å². The number of fused-ring (bicyclic) bond motifs is 1. The van der Waals surface area contributed by atoms with Crippen LogP contribution < -0.4 is 18.9 Å². The summed E-state index contributed by atoms with van der Waals surface area (Å²) in [5.41, 5.74) is 0.614. The molecule has 0 bridgehead atoms. The van der Waals surface area contributed by atoms with Gasteiger partial charge in [0.05, 0.1) is 43.5 Å². The summed E-state index contributed by atoms with van der Waals surface area (Å²) in [5, 5.41) is 15.5. The SMILES string of the molecule is COc1ccc(OCCCC[C@H](O)COc2cccc3c2c(C)nn3C(=O)OC(C)(C)C)cc1OC. The third-order valence-corrected chi connectivity index (χ3v) is 5.40. The quantitative estimate of drug-likeness (QED) is 0.362. The summed E-state index contributed by atoms with van der Waals surface area (Å²) in [4.78, 5) is 12.6. The predicted octanol–water partition coefficient (Wildman–Crippen LogP) is 5.13. The fourth-order valence-corrected chi connectivity index (χ4v) is 3.73. The van der Waals surface area contributed by atoms with E-state index in [0.717, 1.165) is 18.2 Å². The van der Waals surface area contributed by atoms with Crippen molar-refractivity contribution in [3.63, 3.8) is 0 Å². The van der Waals surface area contributed by atoms with Gasteiger partial charge in [0.1, 0.15) is 23.7 Å². The van der Waals surface area contributed by atoms with E-state index in [2.05, 4.69) is 5.10 Å². The van der Waals surface area contributed by atoms with Crippen LogP contribution in [-0.2, 0) is 4.74 Å². The highest BCUT2D eigenvalue weighted by Gasteiger charge is 2.22. The lowest BCUT2D eigenvalue weighted by atomic mass is 10.1. The van der Waals surface area contributed by atoms with Gasteiger partial charge in [0, 0.05) is 6.07 Å². The monoisotopic (exact) mass is 500 g/mol. The Hall–Kier alpha value is -3.46. The molecule has 0 aliphatic carbocycles. The van der Waals surface area contributed by atoms with Crippen LogP contribution in [0.2, 0.25) is 0 Å². The van der Waals surface area contributed by atoms with Crippen molar-refractivity contribution in [1.29, 1.82) is 0 Å². The zero-order chi connectivity index (χ0) is 26.3. The number of nitrogens with zero attached hydrogens (tertiary/aromatic N) is 2. The molecule has 9 nitrogen and oxygen atoms in total. The van der Waals surface area contributed by atoms with Crippen LogP contribution in [0.1, 0.15) is 45.7 Å². The van der Waals surface area contributed by atoms with Crippen LogP contribution in [0.3, 0.4) is 0 Å². The van der Waals surface area contributed by atoms with E-state index in [1.165, 1.54) is 4.68 Å². The van der Waals surface area contributed by atoms with Crippen LogP contribution in [0.15, 0.2) is 36.4 Å². The van der Waals surface area contributed by atoms with Gasteiger partial charge in [-0.3, -0.25) is 0 Å². The van der Waals surface area contributed by atoms with Gasteiger partial charge < -0.3 is 28.8 Å². The number of aliphatic hydroxyl groups excluding tert-OH is 1. The molecule has 0 amide bonds. The first-order chi connectivity index (χ1) is 17.1. The van der Waals surface area contributed by atoms with Crippen molar-refractivity contribution >= 4 is 17.0 Å². The Morgan fingerprint density at radius 1 is 1.03 bits per heavy atom. The number of benzene rings is 2. The first-order valence-electron chi connectivity index (χ1n) is 12.0. The van der Waals surface area contributed by atoms with Crippen LogP contribution in [0.5, 0.6) is 23.0 Å². The minimum absolute atomic E-state index is 0.132. The molecule has 0 unspecified atom stereocenters. The van der Waals surface area contributed by atoms with Gasteiger partial charge in [-0.25, -0.2) is 4.79 Å². The zero-order valence-corrected chi connectivity index (χ0v) is 21.9. The lowest BCUT2D eigenvalue weighted by Crippen LogP contribution is -2.27. The molecular weight excluding hydrogens is 464 g/mol. The third-order valence-electron chi connectivity index (χ3n) is 5.40. The molecule has 0 saturated heterocycles. The highest BCUT2D eigenvalue weighted by Crippen LogP contribution is 2.31. The van der Waals surface area contributed by atoms with Gasteiger partial charge in [-0.15, -0.1) is 0 Å². The molecule has 196 valence electrons. The highest BCUT2D eigenvalue weighted by atomic mass is 16.6. The van der Waals surface area contributed by atoms with Gasteiger partial charge in [-0.1, -0.05) is 6.07 Å². The lowest BCUT2D eigenvalue weighted by molar-refractivity contribution is 0.0522. The molecule has 1 N–H and O–H groups in total. The summed E-state index contributed by atoms with van der Waals surface area (Å²) in [5.74, 6) is 2.53. The van der Waals surface area contributed by atoms with Gasteiger partial charge in [0.15, 0.2) is 11.5 Å². The summed E-state index contributed by atoms with van der Waals surface area (Å²) >= 11 is 0. The van der Waals surface area contributed by atoms with Gasteiger partial charge in [-0.2, -0.15) is 9.78 Å². The molecule has 3 aromatic rings. The second-order valence-corrected chi connectivity index (χ2v) is 9.45. The van der Waals surface area contributed by atoms with E-state index >= 15 is 0 Å². The van der Waals surface area contributed by atoms with E-state index in [1.807, 2.05) is 33.8 Å². The Morgan fingerprint density at radius 2 is 1.78 bits per heavy atom. The Bertz CT molecular complexity index is 1170. The molecular formula is C27H36N2O7. The average Bonchev–Trinajstić information content (AvgIpc) is 3.18. The smallest absolute Gasteiger partial charge is 0.435 e. The lowest BCUT2D eigenvalue weighted by Gasteiger charge is -2.19. The number of hydrogen-bond acceptors (Lipinski definition) is 8. The van der Waals surface area contributed by atoms with Crippen LogP contribution >= 0.6 is 0 Å². The molecule has 3 rings (SSSR count). The number of methoxy groups -OCH3 is 2. The van der Waals surface area contributed by atoms with Crippen LogP contribution in [0.25, 0.3) is 10.9 Å². The molecule has 1 atom stereocenters. The maximum Gasteiger partial charge on any atom is 0.435 e. The molecule has 0 radical (unpaired) electrons. The number of carbonyl (C=O) groups is 1. The van der Waals surface area contributed by atoms with Gasteiger partial charge in [0.25, 0.3) is 0 Å². The topological polar surface area (TPSA) is 101 Å². The molecule has 0 aliphatic heterocycles. The largest absolute Gasteiger partial charge is 0.493 e. The number of hydrogen-bond donors (Lipinski definition) is 1. The van der Waals surface area contributed by atoms with Gasteiger partial charge in [0.2, 0.25) is 0 Å². The first-order valence-corrected chi connectivity index (χ1v) is 12.0. The molecule has 0 saturated carbocycles. The summed E-state index contributed by atoms with van der Waals surface area (Å²) in [7, 11) is 3.17. The summed E-state index contributed by atoms with van der Waals surface area (Å²) < 4.78 is 28.9. The predicted molar refractivity (Wildman–Crippen MR) is 136 cm³/mol. The fourth-order valence-electron chi connectivity index (χ4n) is 3.73. The van der Waals surface area contributed by atoms with Crippen molar-refractivity contribution < 1.29 is 33.6 Å². The Balaban J connectivity index is 1.49. The second-order valence-electron chi connectivity index (χ2n) is 9.45. The van der Waals surface area contributed by atoms with E-state index in [0.29, 0.717) is 47.2 Å². The summed E-state index contributed by atoms with van der Waals surface area (Å²) in [6, 6.07) is 10.8. The van der Waals surface area contributed by atoms with E-state index < -0.39 is 17.8 Å². The van der Waals surface area contributed by atoms with Crippen molar-refractivity contribution in [3.05, 3.63) is 42.1 Å². The van der Waals surface area contributed by atoms with Crippen molar-refractivity contribution in [3.8, 4) is 23.0 Å². The molecule has 2 aromatic carbocycles. The maximum atomic E-state index is 12.6. The number of rotatable bonds is 11. The number of aromatic nitrogens is 2. The molecule has 0 spiro atoms. The Labute approximate surface area is 211 Å². The number of carbonyl (C=O) groups excluding carboxylic acids is 1. The van der Waals surface area contributed by atoms with Crippen molar-refractivity contribution in [1.82, 2.24) is 9.78 Å². The first kappa shape index (κ1) is 27.1. The minimum atomic E-state index is -0.637. The van der Waals surface area contributed by atoms with E-state index in [-0.39, 0.29) is 6.61 Å². The van der Waals surface area contributed by atoms with E-state index in [4.69, 9.17) is 23.7 Å². The highest BCUT2D eigenvalue weighted by molar-refractivity contribution is 5.93. The molecule has 0 aliphatic rings. The molecule has 36 heavy (non-hydrogen) atoms. The Morgan fingerprint density at radius 3 is 2.47 bits per heavy atom. The van der Waals surface area contributed by atoms with Crippen molar-refractivity contribution in [2.24, 2.45) is 0 Å². The number of aliphatic hydroxyl groups is 1. The van der Waals surface area contributed by atoms with Gasteiger partial charge in [-0.05, 0) is 71.2 Å². The number of ether oxygens (including phenoxy) is 5. The van der Waals surface area contributed by atoms with E-state index in [9.17, 15) is 9.90 Å². The number of aryl methyl sites for hydroxylation is 1. The second kappa shape index (κ2) is 12.0. The zero-order valence-electron chi connectivity index (χ0n) is 21.9. The van der Waals surface area contributed by atoms with Crippen LogP contribution in [0, 0.1) is 6.92 Å². The molecule has 0 fully saturated rings. The summed E-state index contributed by atoms with van der Waals surface area (Å²) in [6.07, 6.45) is 0.942. The summed E-state index contributed by atoms with van der Waals surface area (Å²) in [6.45, 7) is 7.88. The maximum absolute atomic E-state index is 12.6.